The van der Waals surface area contributed by atoms with E-state index in [0.717, 1.165) is 39.0 Å². The number of rotatable bonds is 11. The van der Waals surface area contributed by atoms with E-state index in [4.69, 9.17) is 0 Å². The lowest BCUT2D eigenvalue weighted by atomic mass is 9.85. The molecule has 0 saturated heterocycles. The third-order valence-corrected chi connectivity index (χ3v) is 17.5. The zero-order chi connectivity index (χ0) is 57.0. The molecule has 0 amide bonds. The Bertz CT molecular complexity index is 4980. The molecule has 0 N–H and O–H groups in total. The monoisotopic (exact) mass is 1080 g/mol. The summed E-state index contributed by atoms with van der Waals surface area (Å²) in [7, 11) is 0. The fourth-order valence-corrected chi connectivity index (χ4v) is 13.6. The van der Waals surface area contributed by atoms with Gasteiger partial charge in [0.1, 0.15) is 0 Å². The third-order valence-electron chi connectivity index (χ3n) is 17.5. The molecular weight excluding hydrogens is 1020 g/mol. The largest absolute Gasteiger partial charge is 0.0990 e. The Labute approximate surface area is 496 Å². The maximum Gasteiger partial charge on any atom is -0.00264 e. The predicted octanol–water partition coefficient (Wildman–Crippen LogP) is 24.0. The molecule has 85 heavy (non-hydrogen) atoms. The second-order valence-electron chi connectivity index (χ2n) is 22.3. The van der Waals surface area contributed by atoms with Gasteiger partial charge in [0.15, 0.2) is 0 Å². The number of allylic oxidation sites excluding steroid dienone is 4. The quantitative estimate of drug-likeness (QED) is 0.0894. The minimum atomic E-state index is 1.05. The highest BCUT2D eigenvalue weighted by atomic mass is 14.2. The summed E-state index contributed by atoms with van der Waals surface area (Å²) >= 11 is 0. The van der Waals surface area contributed by atoms with Crippen LogP contribution in [0.5, 0.6) is 0 Å². The molecule has 0 aromatic heterocycles. The van der Waals surface area contributed by atoms with E-state index < -0.39 is 0 Å². The Morgan fingerprint density at radius 2 is 0.459 bits per heavy atom. The van der Waals surface area contributed by atoms with Crippen LogP contribution in [0.15, 0.2) is 323 Å². The van der Waals surface area contributed by atoms with Crippen molar-refractivity contribution < 1.29 is 0 Å². The molecule has 15 aromatic carbocycles. The van der Waals surface area contributed by atoms with E-state index in [1.54, 1.807) is 0 Å². The fraction of sp³-hybridized carbons (Fsp3) is 0.0118. The Hall–Kier alpha value is -10.9. The summed E-state index contributed by atoms with van der Waals surface area (Å²) in [5.74, 6) is 0. The molecule has 0 unspecified atom stereocenters. The molecule has 0 fully saturated rings. The molecule has 398 valence electrons. The first-order chi connectivity index (χ1) is 42.0. The molecule has 15 aromatic rings. The summed E-state index contributed by atoms with van der Waals surface area (Å²) < 4.78 is 0. The lowest BCUT2D eigenvalue weighted by Crippen LogP contribution is -1.93. The molecule has 0 atom stereocenters. The van der Waals surface area contributed by atoms with Crippen LogP contribution < -0.4 is 0 Å². The topological polar surface area (TPSA) is 0 Å². The van der Waals surface area contributed by atoms with E-state index in [1.807, 2.05) is 12.2 Å². The second kappa shape index (κ2) is 21.4. The number of benzene rings is 15. The lowest BCUT2D eigenvalue weighted by molar-refractivity contribution is 1.47. The van der Waals surface area contributed by atoms with Gasteiger partial charge in [-0.2, -0.15) is 0 Å². The number of hydrogen-bond donors (Lipinski definition) is 0. The average molecular weight is 1080 g/mol. The van der Waals surface area contributed by atoms with E-state index >= 15 is 0 Å². The van der Waals surface area contributed by atoms with Crippen LogP contribution in [0.4, 0.5) is 0 Å². The van der Waals surface area contributed by atoms with Crippen molar-refractivity contribution in [3.05, 3.63) is 334 Å². The van der Waals surface area contributed by atoms with E-state index in [0.29, 0.717) is 0 Å². The van der Waals surface area contributed by atoms with Gasteiger partial charge in [-0.1, -0.05) is 310 Å². The van der Waals surface area contributed by atoms with Gasteiger partial charge in [-0.25, -0.2) is 0 Å². The molecule has 15 rings (SSSR count). The van der Waals surface area contributed by atoms with E-state index in [9.17, 15) is 0 Å². The van der Waals surface area contributed by atoms with Crippen molar-refractivity contribution in [3.8, 4) is 89.0 Å². The van der Waals surface area contributed by atoms with Crippen molar-refractivity contribution >= 4 is 70.2 Å². The SMILES string of the molecule is C=C/C=C(\C=C)c1c2ccccc2c(-c2ccc(-c3cc(-c4ccc(-c5c6ccccc6c(-c6ccccc6)c6ccccc56)cc4)cc(-c4ccc(-c5c6ccccc6c(-c6ccc(C)cc6)c6ccccc56)cc4)c3)cc2)c2ccccc12. The number of aryl methyl sites for hydroxylation is 1. The highest BCUT2D eigenvalue weighted by Crippen LogP contribution is 2.48. The predicted molar refractivity (Wildman–Crippen MR) is 368 cm³/mol. The summed E-state index contributed by atoms with van der Waals surface area (Å²) in [6.07, 6.45) is 5.85. The minimum Gasteiger partial charge on any atom is -0.0990 e. The maximum absolute atomic E-state index is 4.22. The Kier molecular flexibility index (Phi) is 12.9. The second-order valence-corrected chi connectivity index (χ2v) is 22.3. The van der Waals surface area contributed by atoms with Crippen molar-refractivity contribution in [2.75, 3.05) is 0 Å². The Morgan fingerprint density at radius 1 is 0.235 bits per heavy atom. The standard InChI is InChI=1S/C85H58/c1-4-21-56(5-2)80-68-24-9-11-26-70(68)83(71-27-12-10-25-69(71)80)62-46-40-57(41-47-62)65-52-66(58-42-48-63(49-43-58)84-74-30-15-13-28-72(74)81(60-22-7-6-8-23-60)73-29-14-16-31-75(73)84)54-67(53-65)59-44-50-64(51-45-59)85-78-34-19-17-32-76(78)82(61-38-36-55(3)37-39-61)77-33-18-20-35-79(77)85/h4-54H,1-2H2,3H3/b56-21+. The van der Waals surface area contributed by atoms with Crippen LogP contribution in [-0.2, 0) is 0 Å². The smallest absolute Gasteiger partial charge is 0.00264 e. The van der Waals surface area contributed by atoms with Crippen LogP contribution in [0.25, 0.3) is 159 Å². The normalized spacial score (nSPS) is 11.8. The number of fused-ring (bicyclic) bond motifs is 6. The molecule has 0 aliphatic heterocycles. The molecule has 0 spiro atoms. The summed E-state index contributed by atoms with van der Waals surface area (Å²) in [4.78, 5) is 0. The third kappa shape index (κ3) is 8.87. The van der Waals surface area contributed by atoms with Crippen LogP contribution in [0.3, 0.4) is 0 Å². The molecule has 0 bridgehead atoms. The molecular formula is C85H58. The summed E-state index contributed by atoms with van der Waals surface area (Å²) in [6, 6.07) is 108. The molecule has 0 heterocycles. The zero-order valence-corrected chi connectivity index (χ0v) is 47.4. The van der Waals surface area contributed by atoms with Crippen molar-refractivity contribution in [2.24, 2.45) is 0 Å². The van der Waals surface area contributed by atoms with E-state index in [2.05, 4.69) is 317 Å². The highest BCUT2D eigenvalue weighted by molar-refractivity contribution is 6.23. The van der Waals surface area contributed by atoms with Gasteiger partial charge >= 0.3 is 0 Å². The molecule has 0 aliphatic rings. The van der Waals surface area contributed by atoms with Crippen molar-refractivity contribution in [3.63, 3.8) is 0 Å². The molecule has 0 saturated carbocycles. The zero-order valence-electron chi connectivity index (χ0n) is 47.4. The van der Waals surface area contributed by atoms with Gasteiger partial charge in [-0.05, 0) is 190 Å². The summed E-state index contributed by atoms with van der Waals surface area (Å²) in [6.45, 7) is 10.4. The number of hydrogen-bond acceptors (Lipinski definition) is 0. The Morgan fingerprint density at radius 3 is 0.729 bits per heavy atom. The van der Waals surface area contributed by atoms with E-state index in [1.165, 1.54) is 131 Å². The van der Waals surface area contributed by atoms with Gasteiger partial charge < -0.3 is 0 Å². The van der Waals surface area contributed by atoms with Gasteiger partial charge in [-0.3, -0.25) is 0 Å². The minimum absolute atomic E-state index is 1.05. The molecule has 0 nitrogen and oxygen atoms in total. The van der Waals surface area contributed by atoms with Crippen LogP contribution >= 0.6 is 0 Å². The molecule has 0 aliphatic carbocycles. The summed E-state index contributed by atoms with van der Waals surface area (Å²) in [5.41, 5.74) is 22.7. The van der Waals surface area contributed by atoms with Gasteiger partial charge in [0.25, 0.3) is 0 Å². The highest BCUT2D eigenvalue weighted by Gasteiger charge is 2.21. The van der Waals surface area contributed by atoms with Crippen LogP contribution in [0, 0.1) is 6.92 Å². The van der Waals surface area contributed by atoms with Gasteiger partial charge in [0, 0.05) is 0 Å². The van der Waals surface area contributed by atoms with Crippen molar-refractivity contribution in [2.45, 2.75) is 6.92 Å². The molecule has 0 radical (unpaired) electrons. The first-order valence-electron chi connectivity index (χ1n) is 29.4. The average Bonchev–Trinajstić information content (AvgIpc) is 2.09. The maximum atomic E-state index is 4.22. The van der Waals surface area contributed by atoms with Gasteiger partial charge in [0.2, 0.25) is 0 Å². The first-order valence-corrected chi connectivity index (χ1v) is 29.4. The van der Waals surface area contributed by atoms with Crippen LogP contribution in [0.1, 0.15) is 11.1 Å². The first kappa shape index (κ1) is 51.0. The van der Waals surface area contributed by atoms with Gasteiger partial charge in [-0.15, -0.1) is 0 Å². The van der Waals surface area contributed by atoms with Crippen molar-refractivity contribution in [1.82, 2.24) is 0 Å². The Balaban J connectivity index is 0.874. The molecule has 0 heteroatoms. The lowest BCUT2D eigenvalue weighted by Gasteiger charge is -2.19. The van der Waals surface area contributed by atoms with Crippen molar-refractivity contribution in [1.29, 1.82) is 0 Å². The van der Waals surface area contributed by atoms with Gasteiger partial charge in [0.05, 0.1) is 0 Å². The van der Waals surface area contributed by atoms with E-state index in [-0.39, 0.29) is 0 Å². The summed E-state index contributed by atoms with van der Waals surface area (Å²) in [5, 5.41) is 14.8. The fourth-order valence-electron chi connectivity index (χ4n) is 13.6. The van der Waals surface area contributed by atoms with Crippen LogP contribution in [-0.4, -0.2) is 0 Å². The van der Waals surface area contributed by atoms with Crippen LogP contribution in [0.2, 0.25) is 0 Å².